The fraction of sp³-hybridized carbons (Fsp3) is 0.636. The molecule has 2 N–H and O–H groups in total. The first-order chi connectivity index (χ1) is 12.5. The van der Waals surface area contributed by atoms with Crippen molar-refractivity contribution in [2.24, 2.45) is 22.1 Å². The Labute approximate surface area is 163 Å². The lowest BCUT2D eigenvalue weighted by molar-refractivity contribution is -0.119. The highest BCUT2D eigenvalue weighted by molar-refractivity contribution is 5.96. The summed E-state index contributed by atoms with van der Waals surface area (Å²) in [5, 5.41) is 0. The molecule has 3 heterocycles. The number of hydrogen-bond acceptors (Lipinski definition) is 5. The summed E-state index contributed by atoms with van der Waals surface area (Å²) in [4.78, 5) is 21.5. The summed E-state index contributed by atoms with van der Waals surface area (Å²) in [6.07, 6.45) is 10.7. The van der Waals surface area contributed by atoms with Crippen molar-refractivity contribution in [3.05, 3.63) is 36.1 Å². The Balaban J connectivity index is 1.95. The van der Waals surface area contributed by atoms with Crippen LogP contribution in [-0.4, -0.2) is 52.3 Å². The van der Waals surface area contributed by atoms with Crippen molar-refractivity contribution in [1.29, 1.82) is 0 Å². The number of aliphatic imine (C=N–C) groups is 1. The highest BCUT2D eigenvalue weighted by atomic mass is 16.1. The van der Waals surface area contributed by atoms with Crippen molar-refractivity contribution in [3.63, 3.8) is 0 Å². The number of ketones is 1. The Morgan fingerprint density at radius 2 is 2.07 bits per heavy atom. The summed E-state index contributed by atoms with van der Waals surface area (Å²) in [7, 11) is 0. The number of hydrogen-bond donors (Lipinski definition) is 1. The molecule has 0 aromatic carbocycles. The minimum atomic E-state index is -0.299. The Hall–Kier alpha value is -1.72. The zero-order valence-corrected chi connectivity index (χ0v) is 17.6. The second kappa shape index (κ2) is 7.02. The third kappa shape index (κ3) is 3.94. The number of carbonyl (C=O) groups excluding carboxylic acids is 1. The van der Waals surface area contributed by atoms with E-state index in [2.05, 4.69) is 68.7 Å². The molecule has 3 aliphatic rings. The fourth-order valence-corrected chi connectivity index (χ4v) is 4.49. The predicted molar refractivity (Wildman–Crippen MR) is 111 cm³/mol. The summed E-state index contributed by atoms with van der Waals surface area (Å²) < 4.78 is 0. The van der Waals surface area contributed by atoms with E-state index in [4.69, 9.17) is 10.7 Å². The normalized spacial score (nSPS) is 39.0. The largest absolute Gasteiger partial charge is 0.353 e. The Bertz CT molecular complexity index is 731. The van der Waals surface area contributed by atoms with Gasteiger partial charge in [-0.05, 0) is 37.3 Å². The molecule has 1 unspecified atom stereocenters. The summed E-state index contributed by atoms with van der Waals surface area (Å²) in [5.41, 5.74) is 8.75. The van der Waals surface area contributed by atoms with E-state index in [0.717, 1.165) is 18.8 Å². The van der Waals surface area contributed by atoms with Gasteiger partial charge in [-0.25, -0.2) is 0 Å². The van der Waals surface area contributed by atoms with Crippen LogP contribution in [-0.2, 0) is 4.79 Å². The quantitative estimate of drug-likeness (QED) is 0.756. The molecular weight excluding hydrogens is 336 g/mol. The second-order valence-corrected chi connectivity index (χ2v) is 9.45. The van der Waals surface area contributed by atoms with Crippen LogP contribution in [0.4, 0.5) is 0 Å². The van der Waals surface area contributed by atoms with Crippen LogP contribution in [0.5, 0.6) is 0 Å². The van der Waals surface area contributed by atoms with E-state index in [9.17, 15) is 4.79 Å². The van der Waals surface area contributed by atoms with Gasteiger partial charge in [-0.1, -0.05) is 45.9 Å². The van der Waals surface area contributed by atoms with E-state index in [-0.39, 0.29) is 29.1 Å². The molecule has 0 spiro atoms. The molecule has 3 aliphatic heterocycles. The molecule has 0 radical (unpaired) electrons. The van der Waals surface area contributed by atoms with Gasteiger partial charge in [0.2, 0.25) is 0 Å². The Kier molecular flexibility index (Phi) is 5.21. The first kappa shape index (κ1) is 20.0. The fourth-order valence-electron chi connectivity index (χ4n) is 4.49. The molecule has 0 aromatic rings. The van der Waals surface area contributed by atoms with Crippen LogP contribution in [0.25, 0.3) is 0 Å². The molecule has 3 rings (SSSR count). The summed E-state index contributed by atoms with van der Waals surface area (Å²) in [6, 6.07) is 0.0769. The number of rotatable bonds is 5. The standard InChI is InChI=1S/C22H34N4O/c1-15(2)17-10-8-7-9-11-18-19(20(23)24-17)26-14-22(26,6)25(18)13-21(4,5)12-16(3)27/h7-11,15,19-20H,12-14,23H2,1-6H3/b9-7-,10-8-,18-11-,24-17-/t19?,20-,22+,26+/m1/s1. The van der Waals surface area contributed by atoms with Crippen molar-refractivity contribution < 1.29 is 4.79 Å². The lowest BCUT2D eigenvalue weighted by Gasteiger charge is -2.36. The monoisotopic (exact) mass is 370 g/mol. The van der Waals surface area contributed by atoms with E-state index < -0.39 is 0 Å². The van der Waals surface area contributed by atoms with Crippen molar-refractivity contribution in [2.45, 2.75) is 65.8 Å². The Morgan fingerprint density at radius 1 is 1.37 bits per heavy atom. The summed E-state index contributed by atoms with van der Waals surface area (Å²) in [5.74, 6) is 0.571. The van der Waals surface area contributed by atoms with Crippen LogP contribution in [0.1, 0.15) is 48.0 Å². The third-order valence-electron chi connectivity index (χ3n) is 5.80. The number of Topliss-reactive ketones (excluding diaryl/α,β-unsaturated/α-hetero) is 1. The van der Waals surface area contributed by atoms with Gasteiger partial charge in [0.25, 0.3) is 0 Å². The summed E-state index contributed by atoms with van der Waals surface area (Å²) >= 11 is 0. The molecule has 2 fully saturated rings. The van der Waals surface area contributed by atoms with Crippen LogP contribution in [0, 0.1) is 11.3 Å². The van der Waals surface area contributed by atoms with E-state index >= 15 is 0 Å². The number of fused-ring (bicyclic) bond motifs is 3. The van der Waals surface area contributed by atoms with Crippen molar-refractivity contribution in [1.82, 2.24) is 9.80 Å². The van der Waals surface area contributed by atoms with Gasteiger partial charge in [0.05, 0.1) is 6.04 Å². The number of nitrogens with zero attached hydrogens (tertiary/aromatic N) is 3. The van der Waals surface area contributed by atoms with Gasteiger partial charge >= 0.3 is 0 Å². The van der Waals surface area contributed by atoms with Gasteiger partial charge in [-0.3, -0.25) is 9.89 Å². The minimum Gasteiger partial charge on any atom is -0.353 e. The lowest BCUT2D eigenvalue weighted by Crippen LogP contribution is -2.43. The van der Waals surface area contributed by atoms with Gasteiger partial charge in [0, 0.05) is 30.9 Å². The Morgan fingerprint density at radius 3 is 2.70 bits per heavy atom. The minimum absolute atomic E-state index is 0.0228. The van der Waals surface area contributed by atoms with Gasteiger partial charge in [0.1, 0.15) is 17.6 Å². The van der Waals surface area contributed by atoms with Crippen LogP contribution in [0.2, 0.25) is 0 Å². The molecule has 0 aromatic heterocycles. The maximum Gasteiger partial charge on any atom is 0.130 e. The lowest BCUT2D eigenvalue weighted by atomic mass is 9.86. The van der Waals surface area contributed by atoms with Crippen LogP contribution >= 0.6 is 0 Å². The maximum absolute atomic E-state index is 11.7. The van der Waals surface area contributed by atoms with Gasteiger partial charge in [-0.2, -0.15) is 0 Å². The van der Waals surface area contributed by atoms with Gasteiger partial charge in [0.15, 0.2) is 0 Å². The smallest absolute Gasteiger partial charge is 0.130 e. The maximum atomic E-state index is 11.7. The molecule has 0 bridgehead atoms. The average molecular weight is 371 g/mol. The van der Waals surface area contributed by atoms with Gasteiger partial charge < -0.3 is 15.4 Å². The molecule has 0 amide bonds. The number of nitrogens with two attached hydrogens (primary N) is 1. The highest BCUT2D eigenvalue weighted by Crippen LogP contribution is 2.51. The van der Waals surface area contributed by atoms with E-state index in [1.54, 1.807) is 6.92 Å². The van der Waals surface area contributed by atoms with Crippen LogP contribution in [0.15, 0.2) is 41.1 Å². The first-order valence-corrected chi connectivity index (χ1v) is 9.97. The molecule has 148 valence electrons. The van der Waals surface area contributed by atoms with Crippen LogP contribution < -0.4 is 5.73 Å². The molecule has 0 aliphatic carbocycles. The molecule has 2 saturated heterocycles. The average Bonchev–Trinajstić information content (AvgIpc) is 3.15. The van der Waals surface area contributed by atoms with Crippen molar-refractivity contribution >= 4 is 11.5 Å². The van der Waals surface area contributed by atoms with E-state index in [1.807, 2.05) is 6.08 Å². The SMILES string of the molecule is CC(=O)CC(C)(C)CN1\C2=C/C=C\C=C/C(C(C)C)=N/[C@@H](N)C2[N@]2C[C@@]12C. The number of allylic oxidation sites excluding steroid dienone is 5. The zero-order chi connectivity index (χ0) is 20.0. The molecular formula is C22H34N4O. The highest BCUT2D eigenvalue weighted by Gasteiger charge is 2.65. The molecule has 4 atom stereocenters. The van der Waals surface area contributed by atoms with E-state index in [0.29, 0.717) is 12.3 Å². The number of carbonyl (C=O) groups is 1. The molecule has 0 saturated carbocycles. The van der Waals surface area contributed by atoms with Crippen molar-refractivity contribution in [2.75, 3.05) is 13.1 Å². The first-order valence-electron chi connectivity index (χ1n) is 9.97. The van der Waals surface area contributed by atoms with Gasteiger partial charge in [-0.15, -0.1) is 0 Å². The van der Waals surface area contributed by atoms with Crippen molar-refractivity contribution in [3.8, 4) is 0 Å². The predicted octanol–water partition coefficient (Wildman–Crippen LogP) is 3.10. The van der Waals surface area contributed by atoms with Crippen LogP contribution in [0.3, 0.4) is 0 Å². The summed E-state index contributed by atoms with van der Waals surface area (Å²) in [6.45, 7) is 14.4. The number of piperazine rings is 1. The third-order valence-corrected chi connectivity index (χ3v) is 5.80. The van der Waals surface area contributed by atoms with E-state index in [1.165, 1.54) is 5.70 Å². The zero-order valence-electron chi connectivity index (χ0n) is 17.6. The topological polar surface area (TPSA) is 61.7 Å². The molecule has 27 heavy (non-hydrogen) atoms. The molecule has 5 heteroatoms. The second-order valence-electron chi connectivity index (χ2n) is 9.45. The molecule has 5 nitrogen and oxygen atoms in total.